The third-order valence-electron chi connectivity index (χ3n) is 2.59. The Morgan fingerprint density at radius 3 is 2.80 bits per heavy atom. The molecule has 1 aliphatic carbocycles. The van der Waals surface area contributed by atoms with Crippen LogP contribution < -0.4 is 5.56 Å². The number of carbonyl (C=O) groups excluding carboxylic acids is 1. The molecule has 1 aromatic heterocycles. The average Bonchev–Trinajstić information content (AvgIpc) is 3.03. The summed E-state index contributed by atoms with van der Waals surface area (Å²) < 4.78 is 0. The highest BCUT2D eigenvalue weighted by atomic mass is 16.2. The Kier molecular flexibility index (Phi) is 2.58. The number of H-pyrrole nitrogens is 1. The average molecular weight is 206 g/mol. The molecule has 4 heteroatoms. The summed E-state index contributed by atoms with van der Waals surface area (Å²) in [5, 5.41) is 0. The van der Waals surface area contributed by atoms with Gasteiger partial charge in [0.25, 0.3) is 5.91 Å². The summed E-state index contributed by atoms with van der Waals surface area (Å²) in [5.41, 5.74) is 0.156. The molecule has 0 radical (unpaired) electrons. The van der Waals surface area contributed by atoms with Crippen LogP contribution in [0.25, 0.3) is 0 Å². The summed E-state index contributed by atoms with van der Waals surface area (Å²) in [6, 6.07) is 5.04. The molecule has 1 aromatic rings. The number of carbonyl (C=O) groups is 1. The van der Waals surface area contributed by atoms with E-state index < -0.39 is 0 Å². The number of hydrogen-bond acceptors (Lipinski definition) is 2. The predicted molar refractivity (Wildman–Crippen MR) is 56.8 cm³/mol. The fraction of sp³-hybridized carbons (Fsp3) is 0.455. The summed E-state index contributed by atoms with van der Waals surface area (Å²) in [7, 11) is 0. The van der Waals surface area contributed by atoms with Crippen LogP contribution in [0.3, 0.4) is 0 Å². The van der Waals surface area contributed by atoms with Crippen LogP contribution in [0.5, 0.6) is 0 Å². The van der Waals surface area contributed by atoms with Crippen molar-refractivity contribution in [3.8, 4) is 0 Å². The second-order valence-corrected chi connectivity index (χ2v) is 3.75. The third-order valence-corrected chi connectivity index (χ3v) is 2.59. The zero-order valence-electron chi connectivity index (χ0n) is 8.69. The van der Waals surface area contributed by atoms with Crippen LogP contribution >= 0.6 is 0 Å². The molecular formula is C11H14N2O2. The number of hydrogen-bond donors (Lipinski definition) is 1. The highest BCUT2D eigenvalue weighted by Crippen LogP contribution is 2.27. The van der Waals surface area contributed by atoms with Crippen molar-refractivity contribution in [2.75, 3.05) is 6.54 Å². The van der Waals surface area contributed by atoms with Crippen LogP contribution in [0, 0.1) is 0 Å². The molecule has 1 N–H and O–H groups in total. The van der Waals surface area contributed by atoms with E-state index in [9.17, 15) is 9.59 Å². The first-order valence-corrected chi connectivity index (χ1v) is 5.22. The minimum Gasteiger partial charge on any atom is -0.335 e. The number of aromatic amines is 1. The second kappa shape index (κ2) is 3.88. The van der Waals surface area contributed by atoms with Crippen molar-refractivity contribution in [3.05, 3.63) is 34.2 Å². The van der Waals surface area contributed by atoms with Gasteiger partial charge < -0.3 is 9.88 Å². The first-order valence-electron chi connectivity index (χ1n) is 5.22. The third kappa shape index (κ3) is 2.09. The van der Waals surface area contributed by atoms with Crippen molar-refractivity contribution in [3.63, 3.8) is 0 Å². The van der Waals surface area contributed by atoms with Gasteiger partial charge in [-0.15, -0.1) is 0 Å². The summed E-state index contributed by atoms with van der Waals surface area (Å²) in [6.07, 6.45) is 2.16. The monoisotopic (exact) mass is 206 g/mol. The number of nitrogens with one attached hydrogen (secondary N) is 1. The lowest BCUT2D eigenvalue weighted by Crippen LogP contribution is -2.34. The molecule has 80 valence electrons. The van der Waals surface area contributed by atoms with Gasteiger partial charge in [-0.2, -0.15) is 0 Å². The van der Waals surface area contributed by atoms with Crippen LogP contribution in [0.2, 0.25) is 0 Å². The summed E-state index contributed by atoms with van der Waals surface area (Å²) in [5.74, 6) is -0.0716. The standard InChI is InChI=1S/C11H14N2O2/c1-2-13(8-6-7-8)11(15)9-4-3-5-10(14)12-9/h3-5,8H,2,6-7H2,1H3,(H,12,14). The topological polar surface area (TPSA) is 53.2 Å². The molecule has 4 nitrogen and oxygen atoms in total. The predicted octanol–water partition coefficient (Wildman–Crippen LogP) is 0.999. The molecular weight excluding hydrogens is 192 g/mol. The largest absolute Gasteiger partial charge is 0.335 e. The fourth-order valence-corrected chi connectivity index (χ4v) is 1.68. The second-order valence-electron chi connectivity index (χ2n) is 3.75. The molecule has 1 heterocycles. The Morgan fingerprint density at radius 1 is 1.53 bits per heavy atom. The van der Waals surface area contributed by atoms with E-state index in [1.54, 1.807) is 12.1 Å². The number of aromatic nitrogens is 1. The van der Waals surface area contributed by atoms with E-state index in [0.717, 1.165) is 12.8 Å². The van der Waals surface area contributed by atoms with E-state index in [-0.39, 0.29) is 11.5 Å². The normalized spacial score (nSPS) is 15.0. The van der Waals surface area contributed by atoms with Crippen molar-refractivity contribution in [1.29, 1.82) is 0 Å². The van der Waals surface area contributed by atoms with Crippen LogP contribution in [0.4, 0.5) is 0 Å². The molecule has 0 spiro atoms. The van der Waals surface area contributed by atoms with Gasteiger partial charge in [-0.1, -0.05) is 6.07 Å². The van der Waals surface area contributed by atoms with Crippen molar-refractivity contribution in [2.24, 2.45) is 0 Å². The minimum atomic E-state index is -0.229. The maximum Gasteiger partial charge on any atom is 0.270 e. The molecule has 1 aliphatic rings. The van der Waals surface area contributed by atoms with Gasteiger partial charge in [-0.25, -0.2) is 0 Å². The highest BCUT2D eigenvalue weighted by Gasteiger charge is 2.32. The molecule has 0 aliphatic heterocycles. The van der Waals surface area contributed by atoms with Gasteiger partial charge in [-0.05, 0) is 25.8 Å². The van der Waals surface area contributed by atoms with Crippen LogP contribution in [0.15, 0.2) is 23.0 Å². The molecule has 2 rings (SSSR count). The van der Waals surface area contributed by atoms with E-state index in [0.29, 0.717) is 18.3 Å². The van der Waals surface area contributed by atoms with Crippen LogP contribution in [0.1, 0.15) is 30.3 Å². The van der Waals surface area contributed by atoms with Crippen molar-refractivity contribution >= 4 is 5.91 Å². The van der Waals surface area contributed by atoms with Gasteiger partial charge in [0, 0.05) is 18.7 Å². The van der Waals surface area contributed by atoms with Crippen molar-refractivity contribution in [1.82, 2.24) is 9.88 Å². The Balaban J connectivity index is 2.22. The van der Waals surface area contributed by atoms with Crippen LogP contribution in [-0.2, 0) is 0 Å². The number of amides is 1. The maximum absolute atomic E-state index is 12.0. The molecule has 0 aromatic carbocycles. The first kappa shape index (κ1) is 9.96. The smallest absolute Gasteiger partial charge is 0.270 e. The highest BCUT2D eigenvalue weighted by molar-refractivity contribution is 5.92. The fourth-order valence-electron chi connectivity index (χ4n) is 1.68. The zero-order valence-corrected chi connectivity index (χ0v) is 8.69. The Hall–Kier alpha value is -1.58. The maximum atomic E-state index is 12.0. The van der Waals surface area contributed by atoms with E-state index in [2.05, 4.69) is 4.98 Å². The van der Waals surface area contributed by atoms with Gasteiger partial charge in [-0.3, -0.25) is 9.59 Å². The summed E-state index contributed by atoms with van der Waals surface area (Å²) >= 11 is 0. The molecule has 15 heavy (non-hydrogen) atoms. The van der Waals surface area contributed by atoms with Crippen LogP contribution in [-0.4, -0.2) is 28.4 Å². The molecule has 0 atom stereocenters. The van der Waals surface area contributed by atoms with Gasteiger partial charge in [0.2, 0.25) is 5.56 Å². The summed E-state index contributed by atoms with van der Waals surface area (Å²) in [6.45, 7) is 2.65. The van der Waals surface area contributed by atoms with Gasteiger partial charge in [0.15, 0.2) is 0 Å². The molecule has 1 fully saturated rings. The van der Waals surface area contributed by atoms with Crippen molar-refractivity contribution in [2.45, 2.75) is 25.8 Å². The zero-order chi connectivity index (χ0) is 10.8. The molecule has 1 saturated carbocycles. The number of rotatable bonds is 3. The number of nitrogens with zero attached hydrogens (tertiary/aromatic N) is 1. The number of pyridine rings is 1. The quantitative estimate of drug-likeness (QED) is 0.802. The first-order chi connectivity index (χ1) is 7.22. The molecule has 1 amide bonds. The lowest BCUT2D eigenvalue weighted by atomic mass is 10.3. The SMILES string of the molecule is CCN(C(=O)c1cccc(=O)[nH]1)C1CC1. The van der Waals surface area contributed by atoms with Crippen molar-refractivity contribution < 1.29 is 4.79 Å². The van der Waals surface area contributed by atoms with Gasteiger partial charge in [0.1, 0.15) is 5.69 Å². The van der Waals surface area contributed by atoms with Gasteiger partial charge >= 0.3 is 0 Å². The molecule has 0 bridgehead atoms. The van der Waals surface area contributed by atoms with E-state index in [1.165, 1.54) is 6.07 Å². The Labute approximate surface area is 87.9 Å². The van der Waals surface area contributed by atoms with E-state index >= 15 is 0 Å². The lowest BCUT2D eigenvalue weighted by Gasteiger charge is -2.19. The van der Waals surface area contributed by atoms with E-state index in [4.69, 9.17) is 0 Å². The minimum absolute atomic E-state index is 0.0716. The van der Waals surface area contributed by atoms with E-state index in [1.807, 2.05) is 11.8 Å². The lowest BCUT2D eigenvalue weighted by molar-refractivity contribution is 0.0746. The summed E-state index contributed by atoms with van der Waals surface area (Å²) in [4.78, 5) is 27.4. The van der Waals surface area contributed by atoms with Gasteiger partial charge in [0.05, 0.1) is 0 Å². The molecule has 0 unspecified atom stereocenters. The Morgan fingerprint density at radius 2 is 2.27 bits per heavy atom. The molecule has 0 saturated heterocycles. The Bertz CT molecular complexity index is 421.